The van der Waals surface area contributed by atoms with E-state index >= 15 is 0 Å². The van der Waals surface area contributed by atoms with Crippen LogP contribution in [0.25, 0.3) is 6.08 Å². The molecule has 4 nitrogen and oxygen atoms in total. The Labute approximate surface area is 121 Å². The van der Waals surface area contributed by atoms with Crippen LogP contribution in [0, 0.1) is 0 Å². The highest BCUT2D eigenvalue weighted by molar-refractivity contribution is 6.34. The Kier molecular flexibility index (Phi) is 5.86. The number of esters is 1. The van der Waals surface area contributed by atoms with Gasteiger partial charge in [0.15, 0.2) is 0 Å². The van der Waals surface area contributed by atoms with Crippen molar-refractivity contribution in [2.24, 2.45) is 0 Å². The molecule has 1 rings (SSSR count). The number of hydrogen-bond donors (Lipinski definition) is 1. The summed E-state index contributed by atoms with van der Waals surface area (Å²) in [6.07, 6.45) is 2.85. The zero-order valence-corrected chi connectivity index (χ0v) is 12.0. The maximum atomic E-state index is 11.5. The van der Waals surface area contributed by atoms with Crippen molar-refractivity contribution in [3.8, 4) is 0 Å². The summed E-state index contributed by atoms with van der Waals surface area (Å²) in [4.78, 5) is 22.7. The van der Waals surface area contributed by atoms with Gasteiger partial charge in [-0.1, -0.05) is 23.2 Å². The fourth-order valence-corrected chi connectivity index (χ4v) is 1.88. The summed E-state index contributed by atoms with van der Waals surface area (Å²) in [6.45, 7) is 1.54. The minimum atomic E-state index is -0.704. The SMILES string of the molecule is COC(=O)C(C)NC(=O)C=Cc1cc(Cl)cc(Cl)c1. The van der Waals surface area contributed by atoms with Crippen LogP contribution in [0.1, 0.15) is 12.5 Å². The van der Waals surface area contributed by atoms with Crippen LogP contribution in [0.4, 0.5) is 0 Å². The van der Waals surface area contributed by atoms with E-state index in [4.69, 9.17) is 23.2 Å². The number of ether oxygens (including phenoxy) is 1. The lowest BCUT2D eigenvalue weighted by molar-refractivity contribution is -0.144. The first-order chi connectivity index (χ1) is 8.92. The Hall–Kier alpha value is -1.52. The maximum absolute atomic E-state index is 11.5. The van der Waals surface area contributed by atoms with Crippen LogP contribution in [0.15, 0.2) is 24.3 Å². The van der Waals surface area contributed by atoms with E-state index in [1.165, 1.54) is 20.1 Å². The molecule has 0 aliphatic heterocycles. The van der Waals surface area contributed by atoms with Crippen LogP contribution in [0.5, 0.6) is 0 Å². The summed E-state index contributed by atoms with van der Waals surface area (Å²) in [5.74, 6) is -0.915. The molecule has 1 N–H and O–H groups in total. The zero-order chi connectivity index (χ0) is 14.4. The molecule has 0 spiro atoms. The summed E-state index contributed by atoms with van der Waals surface area (Å²) < 4.78 is 4.49. The largest absolute Gasteiger partial charge is 0.467 e. The number of amides is 1. The molecule has 1 unspecified atom stereocenters. The van der Waals surface area contributed by atoms with Gasteiger partial charge in [0.2, 0.25) is 5.91 Å². The van der Waals surface area contributed by atoms with Crippen LogP contribution < -0.4 is 5.32 Å². The monoisotopic (exact) mass is 301 g/mol. The second kappa shape index (κ2) is 7.16. The molecule has 0 radical (unpaired) electrons. The van der Waals surface area contributed by atoms with Gasteiger partial charge < -0.3 is 10.1 Å². The standard InChI is InChI=1S/C13H13Cl2NO3/c1-8(13(18)19-2)16-12(17)4-3-9-5-10(14)7-11(15)6-9/h3-8H,1-2H3,(H,16,17). The molecule has 1 aromatic rings. The fourth-order valence-electron chi connectivity index (χ4n) is 1.34. The lowest BCUT2D eigenvalue weighted by Crippen LogP contribution is -2.38. The van der Waals surface area contributed by atoms with Crippen molar-refractivity contribution < 1.29 is 14.3 Å². The molecule has 0 bridgehead atoms. The molecule has 0 saturated carbocycles. The van der Waals surface area contributed by atoms with Crippen molar-refractivity contribution in [2.75, 3.05) is 7.11 Å². The molecule has 1 aromatic carbocycles. The highest BCUT2D eigenvalue weighted by Gasteiger charge is 2.13. The third-order valence-corrected chi connectivity index (χ3v) is 2.66. The molecule has 102 valence electrons. The van der Waals surface area contributed by atoms with E-state index in [0.29, 0.717) is 15.6 Å². The molecule has 0 aliphatic carbocycles. The van der Waals surface area contributed by atoms with E-state index in [1.54, 1.807) is 24.3 Å². The number of carbonyl (C=O) groups excluding carboxylic acids is 2. The fraction of sp³-hybridized carbons (Fsp3) is 0.231. The number of rotatable bonds is 4. The molecule has 0 aromatic heterocycles. The van der Waals surface area contributed by atoms with E-state index in [9.17, 15) is 9.59 Å². The Bertz CT molecular complexity index is 494. The lowest BCUT2D eigenvalue weighted by atomic mass is 10.2. The molecule has 19 heavy (non-hydrogen) atoms. The van der Waals surface area contributed by atoms with E-state index < -0.39 is 17.9 Å². The van der Waals surface area contributed by atoms with Gasteiger partial charge in [0.25, 0.3) is 0 Å². The highest BCUT2D eigenvalue weighted by Crippen LogP contribution is 2.19. The number of nitrogens with one attached hydrogen (secondary N) is 1. The van der Waals surface area contributed by atoms with Crippen molar-refractivity contribution in [2.45, 2.75) is 13.0 Å². The van der Waals surface area contributed by atoms with Crippen LogP contribution >= 0.6 is 23.2 Å². The van der Waals surface area contributed by atoms with Crippen molar-refractivity contribution in [3.05, 3.63) is 39.9 Å². The molecular formula is C13H13Cl2NO3. The van der Waals surface area contributed by atoms with Gasteiger partial charge >= 0.3 is 5.97 Å². The Morgan fingerprint density at radius 3 is 2.37 bits per heavy atom. The van der Waals surface area contributed by atoms with Crippen LogP contribution in [-0.4, -0.2) is 25.0 Å². The predicted octanol–water partition coefficient (Wildman–Crippen LogP) is 2.68. The third-order valence-electron chi connectivity index (χ3n) is 2.23. The van der Waals surface area contributed by atoms with Crippen molar-refractivity contribution in [3.63, 3.8) is 0 Å². The van der Waals surface area contributed by atoms with Crippen LogP contribution in [-0.2, 0) is 14.3 Å². The van der Waals surface area contributed by atoms with Crippen LogP contribution in [0.3, 0.4) is 0 Å². The lowest BCUT2D eigenvalue weighted by Gasteiger charge is -2.09. The van der Waals surface area contributed by atoms with Crippen molar-refractivity contribution in [1.29, 1.82) is 0 Å². The van der Waals surface area contributed by atoms with Gasteiger partial charge in [-0.15, -0.1) is 0 Å². The minimum Gasteiger partial charge on any atom is -0.467 e. The minimum absolute atomic E-state index is 0.408. The van der Waals surface area contributed by atoms with E-state index in [0.717, 1.165) is 0 Å². The van der Waals surface area contributed by atoms with Crippen LogP contribution in [0.2, 0.25) is 10.0 Å². The number of methoxy groups -OCH3 is 1. The number of hydrogen-bond acceptors (Lipinski definition) is 3. The molecule has 6 heteroatoms. The van der Waals surface area contributed by atoms with E-state index in [2.05, 4.69) is 10.1 Å². The second-order valence-electron chi connectivity index (χ2n) is 3.79. The number of halogens is 2. The van der Waals surface area contributed by atoms with Gasteiger partial charge in [-0.3, -0.25) is 4.79 Å². The highest BCUT2D eigenvalue weighted by atomic mass is 35.5. The van der Waals surface area contributed by atoms with Crippen molar-refractivity contribution >= 4 is 41.2 Å². The van der Waals surface area contributed by atoms with Gasteiger partial charge in [-0.25, -0.2) is 4.79 Å². The molecule has 0 fully saturated rings. The Balaban J connectivity index is 2.66. The molecule has 1 amide bonds. The topological polar surface area (TPSA) is 55.4 Å². The first-order valence-corrected chi connectivity index (χ1v) is 6.20. The summed E-state index contributed by atoms with van der Waals surface area (Å²) in [5.41, 5.74) is 0.693. The first kappa shape index (κ1) is 15.5. The molecular weight excluding hydrogens is 289 g/mol. The molecule has 0 aliphatic rings. The first-order valence-electron chi connectivity index (χ1n) is 5.45. The Morgan fingerprint density at radius 2 is 1.84 bits per heavy atom. The van der Waals surface area contributed by atoms with Gasteiger partial charge in [-0.2, -0.15) is 0 Å². The molecule has 0 heterocycles. The van der Waals surface area contributed by atoms with Gasteiger partial charge in [-0.05, 0) is 36.8 Å². The molecule has 0 saturated heterocycles. The van der Waals surface area contributed by atoms with Gasteiger partial charge in [0, 0.05) is 16.1 Å². The second-order valence-corrected chi connectivity index (χ2v) is 4.66. The molecule has 1 atom stereocenters. The smallest absolute Gasteiger partial charge is 0.328 e. The third kappa shape index (κ3) is 5.32. The average Bonchev–Trinajstić information content (AvgIpc) is 2.34. The summed E-state index contributed by atoms with van der Waals surface area (Å²) in [7, 11) is 1.26. The van der Waals surface area contributed by atoms with E-state index in [-0.39, 0.29) is 0 Å². The average molecular weight is 302 g/mol. The number of carbonyl (C=O) groups is 2. The van der Waals surface area contributed by atoms with E-state index in [1.807, 2.05) is 0 Å². The maximum Gasteiger partial charge on any atom is 0.328 e. The quantitative estimate of drug-likeness (QED) is 0.687. The summed E-state index contributed by atoms with van der Waals surface area (Å²) in [5, 5.41) is 3.43. The van der Waals surface area contributed by atoms with Gasteiger partial charge in [0.05, 0.1) is 7.11 Å². The summed E-state index contributed by atoms with van der Waals surface area (Å²) >= 11 is 11.7. The normalized spacial score (nSPS) is 12.2. The van der Waals surface area contributed by atoms with Crippen molar-refractivity contribution in [1.82, 2.24) is 5.32 Å². The Morgan fingerprint density at radius 1 is 1.26 bits per heavy atom. The van der Waals surface area contributed by atoms with Gasteiger partial charge in [0.1, 0.15) is 6.04 Å². The predicted molar refractivity (Wildman–Crippen MR) is 75.1 cm³/mol. The number of benzene rings is 1. The zero-order valence-electron chi connectivity index (χ0n) is 10.4. The summed E-state index contributed by atoms with van der Waals surface area (Å²) in [6, 6.07) is 4.23.